The summed E-state index contributed by atoms with van der Waals surface area (Å²) in [6.07, 6.45) is 1.27. The zero-order chi connectivity index (χ0) is 15.2. The van der Waals surface area contributed by atoms with Gasteiger partial charge in [-0.2, -0.15) is 0 Å². The molecule has 0 aromatic heterocycles. The SMILES string of the molecule is Cc1ccccc1C(C)C1(C)CC[Si](C)(C)OC1(C)C. The van der Waals surface area contributed by atoms with Crippen LogP contribution in [0, 0.1) is 12.3 Å². The molecule has 0 aliphatic carbocycles. The van der Waals surface area contributed by atoms with Gasteiger partial charge in [-0.15, -0.1) is 0 Å². The molecule has 0 bridgehead atoms. The van der Waals surface area contributed by atoms with Crippen LogP contribution in [0.2, 0.25) is 19.1 Å². The number of benzene rings is 1. The van der Waals surface area contributed by atoms with Crippen molar-refractivity contribution in [1.82, 2.24) is 0 Å². The summed E-state index contributed by atoms with van der Waals surface area (Å²) in [7, 11) is -1.48. The van der Waals surface area contributed by atoms with Crippen molar-refractivity contribution in [2.45, 2.75) is 71.7 Å². The number of aryl methyl sites for hydroxylation is 1. The van der Waals surface area contributed by atoms with Crippen LogP contribution in [0.3, 0.4) is 0 Å². The molecule has 1 saturated heterocycles. The molecule has 112 valence electrons. The maximum atomic E-state index is 6.60. The van der Waals surface area contributed by atoms with Crippen molar-refractivity contribution in [2.24, 2.45) is 5.41 Å². The number of rotatable bonds is 2. The second kappa shape index (κ2) is 4.99. The third-order valence-electron chi connectivity index (χ3n) is 5.76. The van der Waals surface area contributed by atoms with E-state index in [1.165, 1.54) is 23.6 Å². The predicted molar refractivity (Wildman–Crippen MR) is 89.8 cm³/mol. The normalized spacial score (nSPS) is 29.9. The van der Waals surface area contributed by atoms with Gasteiger partial charge in [0, 0.05) is 5.41 Å². The molecule has 1 aliphatic heterocycles. The third-order valence-corrected chi connectivity index (χ3v) is 8.28. The van der Waals surface area contributed by atoms with Crippen LogP contribution in [0.1, 0.15) is 51.2 Å². The minimum absolute atomic E-state index is 0.0529. The van der Waals surface area contributed by atoms with Crippen LogP contribution in [0.25, 0.3) is 0 Å². The topological polar surface area (TPSA) is 9.23 Å². The van der Waals surface area contributed by atoms with Crippen molar-refractivity contribution in [3.05, 3.63) is 35.4 Å². The van der Waals surface area contributed by atoms with Crippen LogP contribution in [0.15, 0.2) is 24.3 Å². The summed E-state index contributed by atoms with van der Waals surface area (Å²) >= 11 is 0. The lowest BCUT2D eigenvalue weighted by atomic mass is 9.63. The first-order chi connectivity index (χ1) is 9.09. The minimum atomic E-state index is -1.48. The van der Waals surface area contributed by atoms with Gasteiger partial charge in [0.2, 0.25) is 0 Å². The molecule has 1 aromatic carbocycles. The van der Waals surface area contributed by atoms with Crippen LogP contribution < -0.4 is 0 Å². The van der Waals surface area contributed by atoms with Gasteiger partial charge in [-0.3, -0.25) is 0 Å². The van der Waals surface area contributed by atoms with Gasteiger partial charge >= 0.3 is 0 Å². The van der Waals surface area contributed by atoms with E-state index >= 15 is 0 Å². The van der Waals surface area contributed by atoms with Gasteiger partial charge in [-0.25, -0.2) is 0 Å². The van der Waals surface area contributed by atoms with Crippen molar-refractivity contribution in [2.75, 3.05) is 0 Å². The first-order valence-electron chi connectivity index (χ1n) is 7.85. The Morgan fingerprint density at radius 3 is 2.30 bits per heavy atom. The number of hydrogen-bond donors (Lipinski definition) is 0. The van der Waals surface area contributed by atoms with Crippen molar-refractivity contribution < 1.29 is 4.43 Å². The molecule has 0 radical (unpaired) electrons. The summed E-state index contributed by atoms with van der Waals surface area (Å²) < 4.78 is 6.60. The molecule has 0 saturated carbocycles. The van der Waals surface area contributed by atoms with Crippen LogP contribution in [0.4, 0.5) is 0 Å². The molecule has 2 rings (SSSR count). The Morgan fingerprint density at radius 2 is 1.75 bits per heavy atom. The molecule has 0 spiro atoms. The van der Waals surface area contributed by atoms with E-state index in [-0.39, 0.29) is 11.0 Å². The molecule has 1 fully saturated rings. The monoisotopic (exact) mass is 290 g/mol. The molecular formula is C18H30OSi. The highest BCUT2D eigenvalue weighted by Crippen LogP contribution is 2.54. The van der Waals surface area contributed by atoms with Crippen molar-refractivity contribution in [3.8, 4) is 0 Å². The predicted octanol–water partition coefficient (Wildman–Crippen LogP) is 5.51. The van der Waals surface area contributed by atoms with Gasteiger partial charge in [0.25, 0.3) is 0 Å². The Bertz CT molecular complexity index is 492. The van der Waals surface area contributed by atoms with E-state index in [9.17, 15) is 0 Å². The van der Waals surface area contributed by atoms with Gasteiger partial charge in [-0.1, -0.05) is 38.1 Å². The molecule has 0 amide bonds. The zero-order valence-electron chi connectivity index (χ0n) is 14.2. The van der Waals surface area contributed by atoms with E-state index in [0.717, 1.165) is 0 Å². The highest BCUT2D eigenvalue weighted by Gasteiger charge is 2.52. The van der Waals surface area contributed by atoms with Crippen molar-refractivity contribution >= 4 is 8.32 Å². The quantitative estimate of drug-likeness (QED) is 0.653. The Labute approximate surface area is 125 Å². The molecular weight excluding hydrogens is 260 g/mol. The first kappa shape index (κ1) is 15.8. The van der Waals surface area contributed by atoms with Gasteiger partial charge in [0.1, 0.15) is 0 Å². The maximum Gasteiger partial charge on any atom is 0.187 e. The highest BCUT2D eigenvalue weighted by molar-refractivity contribution is 6.71. The summed E-state index contributed by atoms with van der Waals surface area (Å²) in [6.45, 7) is 16.3. The summed E-state index contributed by atoms with van der Waals surface area (Å²) in [5.74, 6) is 0.517. The molecule has 2 unspecified atom stereocenters. The minimum Gasteiger partial charge on any atom is -0.412 e. The first-order valence-corrected chi connectivity index (χ1v) is 11.0. The van der Waals surface area contributed by atoms with Gasteiger partial charge in [-0.05, 0) is 63.4 Å². The fraction of sp³-hybridized carbons (Fsp3) is 0.667. The largest absolute Gasteiger partial charge is 0.412 e. The summed E-state index contributed by atoms with van der Waals surface area (Å²) in [5.41, 5.74) is 3.02. The Hall–Kier alpha value is -0.603. The van der Waals surface area contributed by atoms with Crippen LogP contribution in [-0.2, 0) is 4.43 Å². The average molecular weight is 291 g/mol. The van der Waals surface area contributed by atoms with Gasteiger partial charge < -0.3 is 4.43 Å². The van der Waals surface area contributed by atoms with E-state index in [1.807, 2.05) is 0 Å². The van der Waals surface area contributed by atoms with Gasteiger partial charge in [0.15, 0.2) is 8.32 Å². The fourth-order valence-corrected chi connectivity index (χ4v) is 6.71. The summed E-state index contributed by atoms with van der Waals surface area (Å²) in [6, 6.07) is 10.1. The lowest BCUT2D eigenvalue weighted by molar-refractivity contribution is -0.0640. The second-order valence-electron chi connectivity index (χ2n) is 7.87. The highest BCUT2D eigenvalue weighted by atomic mass is 28.4. The Balaban J connectivity index is 2.38. The van der Waals surface area contributed by atoms with Crippen LogP contribution in [-0.4, -0.2) is 13.9 Å². The molecule has 20 heavy (non-hydrogen) atoms. The Morgan fingerprint density at radius 1 is 1.15 bits per heavy atom. The lowest BCUT2D eigenvalue weighted by Gasteiger charge is -2.56. The number of hydrogen-bond acceptors (Lipinski definition) is 1. The summed E-state index contributed by atoms with van der Waals surface area (Å²) in [5, 5.41) is 0. The molecule has 1 aliphatic rings. The molecule has 2 heteroatoms. The fourth-order valence-electron chi connectivity index (χ4n) is 3.87. The van der Waals surface area contributed by atoms with Crippen molar-refractivity contribution in [1.29, 1.82) is 0 Å². The van der Waals surface area contributed by atoms with Crippen molar-refractivity contribution in [3.63, 3.8) is 0 Å². The van der Waals surface area contributed by atoms with E-state index in [4.69, 9.17) is 4.43 Å². The summed E-state index contributed by atoms with van der Waals surface area (Å²) in [4.78, 5) is 0. The molecule has 1 nitrogen and oxygen atoms in total. The van der Waals surface area contributed by atoms with Crippen LogP contribution in [0.5, 0.6) is 0 Å². The average Bonchev–Trinajstić information content (AvgIpc) is 2.33. The molecule has 2 atom stereocenters. The third kappa shape index (κ3) is 2.60. The molecule has 1 aromatic rings. The Kier molecular flexibility index (Phi) is 3.94. The molecule has 0 N–H and O–H groups in total. The zero-order valence-corrected chi connectivity index (χ0v) is 15.2. The van der Waals surface area contributed by atoms with E-state index in [1.54, 1.807) is 0 Å². The smallest absolute Gasteiger partial charge is 0.187 e. The lowest BCUT2D eigenvalue weighted by Crippen LogP contribution is -2.57. The van der Waals surface area contributed by atoms with Crippen LogP contribution >= 0.6 is 0 Å². The van der Waals surface area contributed by atoms with E-state index in [2.05, 4.69) is 72.0 Å². The molecule has 1 heterocycles. The van der Waals surface area contributed by atoms with E-state index in [0.29, 0.717) is 5.92 Å². The second-order valence-corrected chi connectivity index (χ2v) is 12.1. The van der Waals surface area contributed by atoms with Gasteiger partial charge in [0.05, 0.1) is 5.60 Å². The standard InChI is InChI=1S/C18H30OSi/c1-14-10-8-9-11-16(14)15(2)18(5)12-13-20(6,7)19-17(18,3)4/h8-11,15H,12-13H2,1-7H3. The van der Waals surface area contributed by atoms with E-state index < -0.39 is 8.32 Å². The maximum absolute atomic E-state index is 6.60.